The third kappa shape index (κ3) is 4.03. The van der Waals surface area contributed by atoms with Crippen molar-refractivity contribution in [1.82, 2.24) is 4.98 Å². The second-order valence-corrected chi connectivity index (χ2v) is 6.93. The van der Waals surface area contributed by atoms with Gasteiger partial charge < -0.3 is 11.1 Å². The average molecular weight is 344 g/mol. The van der Waals surface area contributed by atoms with Crippen LogP contribution in [0.1, 0.15) is 25.7 Å². The monoisotopic (exact) mass is 343 g/mol. The number of carbonyl (C=O) groups excluding carboxylic acids is 1. The van der Waals surface area contributed by atoms with Crippen LogP contribution in [0.5, 0.6) is 0 Å². The van der Waals surface area contributed by atoms with Crippen LogP contribution >= 0.6 is 35.1 Å². The van der Waals surface area contributed by atoms with E-state index in [0.717, 1.165) is 36.3 Å². The van der Waals surface area contributed by atoms with Crippen molar-refractivity contribution in [3.05, 3.63) is 22.9 Å². The molecule has 114 valence electrons. The summed E-state index contributed by atoms with van der Waals surface area (Å²) in [5, 5.41) is 7.61. The molecule has 2 unspecified atom stereocenters. The highest BCUT2D eigenvalue weighted by Crippen LogP contribution is 2.29. The Morgan fingerprint density at radius 1 is 1.38 bits per heavy atom. The van der Waals surface area contributed by atoms with Crippen LogP contribution in [-0.4, -0.2) is 16.9 Å². The van der Waals surface area contributed by atoms with Gasteiger partial charge in [0, 0.05) is 17.3 Å². The molecule has 0 spiro atoms. The lowest BCUT2D eigenvalue weighted by Gasteiger charge is -2.25. The van der Waals surface area contributed by atoms with Crippen LogP contribution in [0, 0.1) is 5.92 Å². The molecule has 2 heterocycles. The zero-order valence-corrected chi connectivity index (χ0v) is 13.9. The normalized spacial score (nSPS) is 21.6. The first-order valence-corrected chi connectivity index (χ1v) is 8.54. The Bertz CT molecular complexity index is 585. The number of nitrogens with two attached hydrogens (primary N) is 1. The van der Waals surface area contributed by atoms with Gasteiger partial charge in [-0.25, -0.2) is 4.98 Å². The fraction of sp³-hybridized carbons (Fsp3) is 0.429. The number of thiophene rings is 1. The Labute approximate surface area is 138 Å². The minimum Gasteiger partial charge on any atom is -0.328 e. The lowest BCUT2D eigenvalue weighted by molar-refractivity contribution is -0.120. The summed E-state index contributed by atoms with van der Waals surface area (Å²) in [6.07, 6.45) is 3.79. The highest BCUT2D eigenvalue weighted by molar-refractivity contribution is 7.16. The van der Waals surface area contributed by atoms with Crippen molar-refractivity contribution in [2.75, 3.05) is 5.32 Å². The summed E-state index contributed by atoms with van der Waals surface area (Å²) in [5.74, 6) is 0.0973. The predicted octanol–water partition coefficient (Wildman–Crippen LogP) is 3.75. The van der Waals surface area contributed by atoms with E-state index in [1.807, 2.05) is 22.9 Å². The maximum atomic E-state index is 12.2. The molecule has 21 heavy (non-hydrogen) atoms. The highest BCUT2D eigenvalue weighted by Gasteiger charge is 2.25. The average Bonchev–Trinajstić information content (AvgIpc) is 3.08. The number of rotatable bonds is 3. The topological polar surface area (TPSA) is 68.0 Å². The fourth-order valence-corrected chi connectivity index (χ4v) is 4.02. The minimum atomic E-state index is 0. The predicted molar refractivity (Wildman–Crippen MR) is 91.2 cm³/mol. The number of hydrogen-bond donors (Lipinski definition) is 2. The number of carbonyl (C=O) groups is 1. The molecule has 1 aliphatic rings. The first kappa shape index (κ1) is 16.4. The number of amides is 1. The van der Waals surface area contributed by atoms with Crippen molar-refractivity contribution in [1.29, 1.82) is 0 Å². The summed E-state index contributed by atoms with van der Waals surface area (Å²) in [4.78, 5) is 17.8. The molecule has 1 aliphatic carbocycles. The second kappa shape index (κ2) is 7.35. The van der Waals surface area contributed by atoms with Gasteiger partial charge in [0.15, 0.2) is 5.13 Å². The van der Waals surface area contributed by atoms with Crippen molar-refractivity contribution >= 4 is 46.1 Å². The van der Waals surface area contributed by atoms with Crippen LogP contribution in [0.4, 0.5) is 5.13 Å². The van der Waals surface area contributed by atoms with Gasteiger partial charge >= 0.3 is 0 Å². The number of anilines is 1. The Morgan fingerprint density at radius 3 is 2.95 bits per heavy atom. The molecule has 1 saturated carbocycles. The quantitative estimate of drug-likeness (QED) is 0.891. The third-order valence-corrected chi connectivity index (χ3v) is 5.24. The van der Waals surface area contributed by atoms with E-state index in [9.17, 15) is 4.79 Å². The van der Waals surface area contributed by atoms with Gasteiger partial charge in [0.2, 0.25) is 5.91 Å². The van der Waals surface area contributed by atoms with E-state index in [1.165, 1.54) is 11.3 Å². The van der Waals surface area contributed by atoms with Crippen molar-refractivity contribution in [2.45, 2.75) is 31.7 Å². The Kier molecular flexibility index (Phi) is 5.75. The third-order valence-electron chi connectivity index (χ3n) is 3.59. The molecular formula is C14H18ClN3OS2. The summed E-state index contributed by atoms with van der Waals surface area (Å²) in [6.45, 7) is 0. The van der Waals surface area contributed by atoms with Gasteiger partial charge in [0.05, 0.1) is 10.6 Å². The number of aromatic nitrogens is 1. The highest BCUT2D eigenvalue weighted by atomic mass is 35.5. The molecule has 0 aliphatic heterocycles. The van der Waals surface area contributed by atoms with Crippen LogP contribution in [0.3, 0.4) is 0 Å². The number of hydrogen-bond acceptors (Lipinski definition) is 5. The van der Waals surface area contributed by atoms with Gasteiger partial charge in [-0.15, -0.1) is 35.1 Å². The van der Waals surface area contributed by atoms with Crippen LogP contribution in [0.15, 0.2) is 22.9 Å². The molecule has 2 aromatic heterocycles. The summed E-state index contributed by atoms with van der Waals surface area (Å²) in [7, 11) is 0. The summed E-state index contributed by atoms with van der Waals surface area (Å²) in [6, 6.07) is 4.20. The molecule has 7 heteroatoms. The molecule has 4 nitrogen and oxygen atoms in total. The molecule has 2 aromatic rings. The Hall–Kier alpha value is -0.950. The van der Waals surface area contributed by atoms with Crippen LogP contribution < -0.4 is 11.1 Å². The molecule has 1 fully saturated rings. The second-order valence-electron chi connectivity index (χ2n) is 5.13. The Morgan fingerprint density at radius 2 is 2.24 bits per heavy atom. The van der Waals surface area contributed by atoms with Crippen molar-refractivity contribution in [2.24, 2.45) is 11.7 Å². The first-order chi connectivity index (χ1) is 9.72. The lowest BCUT2D eigenvalue weighted by Crippen LogP contribution is -2.34. The van der Waals surface area contributed by atoms with E-state index in [-0.39, 0.29) is 30.3 Å². The smallest absolute Gasteiger partial charge is 0.229 e. The first-order valence-electron chi connectivity index (χ1n) is 6.78. The molecule has 3 N–H and O–H groups in total. The van der Waals surface area contributed by atoms with Gasteiger partial charge in [-0.2, -0.15) is 0 Å². The SMILES string of the molecule is Cl.NC1CCCC(C(=O)Nc2nc(-c3cccs3)cs2)C1. The van der Waals surface area contributed by atoms with Crippen molar-refractivity contribution in [3.63, 3.8) is 0 Å². The molecular weight excluding hydrogens is 326 g/mol. The van der Waals surface area contributed by atoms with Gasteiger partial charge in [-0.3, -0.25) is 4.79 Å². The maximum Gasteiger partial charge on any atom is 0.229 e. The molecule has 2 atom stereocenters. The van der Waals surface area contributed by atoms with Crippen LogP contribution in [0.25, 0.3) is 10.6 Å². The molecule has 0 bridgehead atoms. The number of halogens is 1. The number of nitrogens with zero attached hydrogens (tertiary/aromatic N) is 1. The standard InChI is InChI=1S/C14H17N3OS2.ClH/c15-10-4-1-3-9(7-10)13(18)17-14-16-11(8-20-14)12-5-2-6-19-12;/h2,5-6,8-10H,1,3-4,7,15H2,(H,16,17,18);1H. The van der Waals surface area contributed by atoms with Crippen LogP contribution in [0.2, 0.25) is 0 Å². The van der Waals surface area contributed by atoms with E-state index in [2.05, 4.69) is 10.3 Å². The molecule has 3 rings (SSSR count). The van der Waals surface area contributed by atoms with Crippen molar-refractivity contribution < 1.29 is 4.79 Å². The fourth-order valence-electron chi connectivity index (χ4n) is 2.54. The minimum absolute atomic E-state index is 0. The molecule has 0 saturated heterocycles. The van der Waals surface area contributed by atoms with Gasteiger partial charge in [-0.05, 0) is 30.7 Å². The Balaban J connectivity index is 0.00000161. The zero-order valence-electron chi connectivity index (χ0n) is 11.5. The number of nitrogens with one attached hydrogen (secondary N) is 1. The van der Waals surface area contributed by atoms with E-state index < -0.39 is 0 Å². The summed E-state index contributed by atoms with van der Waals surface area (Å²) >= 11 is 3.12. The molecule has 0 aromatic carbocycles. The summed E-state index contributed by atoms with van der Waals surface area (Å²) < 4.78 is 0. The van der Waals surface area contributed by atoms with Gasteiger partial charge in [0.1, 0.15) is 0 Å². The van der Waals surface area contributed by atoms with E-state index in [0.29, 0.717) is 5.13 Å². The van der Waals surface area contributed by atoms with Crippen LogP contribution in [-0.2, 0) is 4.79 Å². The molecule has 0 radical (unpaired) electrons. The maximum absolute atomic E-state index is 12.2. The van der Waals surface area contributed by atoms with E-state index in [4.69, 9.17) is 5.73 Å². The van der Waals surface area contributed by atoms with Gasteiger partial charge in [-0.1, -0.05) is 12.5 Å². The van der Waals surface area contributed by atoms with E-state index >= 15 is 0 Å². The largest absolute Gasteiger partial charge is 0.328 e. The van der Waals surface area contributed by atoms with Crippen molar-refractivity contribution in [3.8, 4) is 10.6 Å². The summed E-state index contributed by atoms with van der Waals surface area (Å²) in [5.41, 5.74) is 6.86. The zero-order chi connectivity index (χ0) is 13.9. The van der Waals surface area contributed by atoms with Gasteiger partial charge in [0.25, 0.3) is 0 Å². The molecule has 1 amide bonds. The lowest BCUT2D eigenvalue weighted by atomic mass is 9.86. The number of thiazole rings is 1. The van der Waals surface area contributed by atoms with E-state index in [1.54, 1.807) is 11.3 Å².